The molecule has 0 spiro atoms. The molecule has 1 aromatic carbocycles. The van der Waals surface area contributed by atoms with Crippen molar-refractivity contribution >= 4 is 5.69 Å². The molecule has 0 aliphatic rings. The second-order valence-corrected chi connectivity index (χ2v) is 4.29. The predicted octanol–water partition coefficient (Wildman–Crippen LogP) is 2.99. The molecule has 0 heterocycles. The first-order valence-corrected chi connectivity index (χ1v) is 6.83. The molecule has 0 saturated carbocycles. The fourth-order valence-corrected chi connectivity index (χ4v) is 1.93. The Morgan fingerprint density at radius 2 is 1.83 bits per heavy atom. The molecule has 3 nitrogen and oxygen atoms in total. The Bertz CT molecular complexity index is 324. The molecule has 1 N–H and O–H groups in total. The first-order chi connectivity index (χ1) is 8.72. The molecule has 0 amide bonds. The van der Waals surface area contributed by atoms with Crippen LogP contribution in [0.2, 0.25) is 0 Å². The van der Waals surface area contributed by atoms with Crippen LogP contribution in [0.3, 0.4) is 0 Å². The molecule has 0 fully saturated rings. The lowest BCUT2D eigenvalue weighted by atomic mass is 10.1. The van der Waals surface area contributed by atoms with Crippen LogP contribution in [0.15, 0.2) is 24.3 Å². The number of nitrogens with zero attached hydrogens (tertiary/aromatic N) is 1. The highest BCUT2D eigenvalue weighted by Crippen LogP contribution is 2.20. The summed E-state index contributed by atoms with van der Waals surface area (Å²) >= 11 is 0. The Kier molecular flexibility index (Phi) is 6.76. The van der Waals surface area contributed by atoms with E-state index in [1.165, 1.54) is 5.69 Å². The minimum Gasteiger partial charge on any atom is -0.388 e. The van der Waals surface area contributed by atoms with Crippen LogP contribution in [0, 0.1) is 0 Å². The van der Waals surface area contributed by atoms with Gasteiger partial charge in [-0.05, 0) is 38.0 Å². The lowest BCUT2D eigenvalue weighted by molar-refractivity contribution is 0.154. The van der Waals surface area contributed by atoms with Crippen LogP contribution in [0.25, 0.3) is 0 Å². The third kappa shape index (κ3) is 4.31. The number of hydrogen-bond donors (Lipinski definition) is 1. The summed E-state index contributed by atoms with van der Waals surface area (Å²) < 4.78 is 5.38. The van der Waals surface area contributed by atoms with Crippen molar-refractivity contribution in [3.05, 3.63) is 29.8 Å². The Balaban J connectivity index is 2.63. The van der Waals surface area contributed by atoms with E-state index in [4.69, 9.17) is 4.74 Å². The summed E-state index contributed by atoms with van der Waals surface area (Å²) in [6, 6.07) is 8.16. The van der Waals surface area contributed by atoms with Crippen LogP contribution in [0.1, 0.15) is 38.9 Å². The molecule has 1 atom stereocenters. The van der Waals surface area contributed by atoms with Gasteiger partial charge in [0, 0.05) is 25.4 Å². The number of rotatable bonds is 8. The normalized spacial score (nSPS) is 12.4. The fraction of sp³-hybridized carbons (Fsp3) is 0.600. The van der Waals surface area contributed by atoms with Crippen molar-refractivity contribution in [3.8, 4) is 0 Å². The van der Waals surface area contributed by atoms with Gasteiger partial charge in [-0.3, -0.25) is 0 Å². The van der Waals surface area contributed by atoms with Crippen molar-refractivity contribution in [2.45, 2.75) is 33.3 Å². The third-order valence-electron chi connectivity index (χ3n) is 3.12. The highest BCUT2D eigenvalue weighted by molar-refractivity contribution is 5.47. The number of anilines is 1. The van der Waals surface area contributed by atoms with E-state index in [2.05, 4.69) is 24.0 Å². The van der Waals surface area contributed by atoms with Crippen molar-refractivity contribution in [2.24, 2.45) is 0 Å². The molecule has 0 aromatic heterocycles. The summed E-state index contributed by atoms with van der Waals surface area (Å²) in [5, 5.41) is 9.76. The number of benzene rings is 1. The second kappa shape index (κ2) is 8.11. The van der Waals surface area contributed by atoms with Crippen molar-refractivity contribution in [2.75, 3.05) is 31.2 Å². The van der Waals surface area contributed by atoms with Gasteiger partial charge in [-0.15, -0.1) is 0 Å². The van der Waals surface area contributed by atoms with Crippen LogP contribution in [-0.4, -0.2) is 31.4 Å². The molecule has 102 valence electrons. The van der Waals surface area contributed by atoms with E-state index >= 15 is 0 Å². The maximum Gasteiger partial charge on any atom is 0.0787 e. The number of aliphatic hydroxyl groups excluding tert-OH is 1. The standard InChI is InChI=1S/C15H25NO2/c1-4-15(17)13-7-9-14(10-8-13)16(5-2)11-12-18-6-3/h7-10,15,17H,4-6,11-12H2,1-3H3. The van der Waals surface area contributed by atoms with Gasteiger partial charge in [0.05, 0.1) is 12.7 Å². The van der Waals surface area contributed by atoms with Gasteiger partial charge in [0.25, 0.3) is 0 Å². The summed E-state index contributed by atoms with van der Waals surface area (Å²) in [5.74, 6) is 0. The minimum atomic E-state index is -0.349. The topological polar surface area (TPSA) is 32.7 Å². The average molecular weight is 251 g/mol. The summed E-state index contributed by atoms with van der Waals surface area (Å²) in [6.07, 6.45) is 0.402. The van der Waals surface area contributed by atoms with Crippen LogP contribution in [-0.2, 0) is 4.74 Å². The molecule has 0 aliphatic carbocycles. The van der Waals surface area contributed by atoms with Crippen molar-refractivity contribution in [3.63, 3.8) is 0 Å². The Hall–Kier alpha value is -1.06. The van der Waals surface area contributed by atoms with E-state index in [-0.39, 0.29) is 6.10 Å². The third-order valence-corrected chi connectivity index (χ3v) is 3.12. The Labute approximate surface area is 110 Å². The van der Waals surface area contributed by atoms with E-state index in [9.17, 15) is 5.11 Å². The second-order valence-electron chi connectivity index (χ2n) is 4.29. The van der Waals surface area contributed by atoms with Gasteiger partial charge in [-0.25, -0.2) is 0 Å². The SMILES string of the molecule is CCOCCN(CC)c1ccc(C(O)CC)cc1. The van der Waals surface area contributed by atoms with Crippen LogP contribution >= 0.6 is 0 Å². The van der Waals surface area contributed by atoms with Crippen molar-refractivity contribution in [1.82, 2.24) is 0 Å². The molecule has 0 saturated heterocycles. The smallest absolute Gasteiger partial charge is 0.0787 e. The molecule has 0 radical (unpaired) electrons. The number of ether oxygens (including phenoxy) is 1. The molecule has 0 aliphatic heterocycles. The summed E-state index contributed by atoms with van der Waals surface area (Å²) in [6.45, 7) is 9.52. The lowest BCUT2D eigenvalue weighted by Crippen LogP contribution is -2.27. The quantitative estimate of drug-likeness (QED) is 0.721. The molecule has 1 unspecified atom stereocenters. The molecule has 3 heteroatoms. The van der Waals surface area contributed by atoms with E-state index < -0.39 is 0 Å². The number of likely N-dealkylation sites (N-methyl/N-ethyl adjacent to an activating group) is 1. The molecule has 0 bridgehead atoms. The summed E-state index contributed by atoms with van der Waals surface area (Å²) in [5.41, 5.74) is 2.17. The number of aliphatic hydroxyl groups is 1. The first kappa shape index (κ1) is 15.0. The molecule has 18 heavy (non-hydrogen) atoms. The highest BCUT2D eigenvalue weighted by Gasteiger charge is 2.07. The maximum atomic E-state index is 9.76. The van der Waals surface area contributed by atoms with Gasteiger partial charge >= 0.3 is 0 Å². The molecule has 1 aromatic rings. The van der Waals surface area contributed by atoms with E-state index in [1.807, 2.05) is 26.0 Å². The fourth-order valence-electron chi connectivity index (χ4n) is 1.93. The van der Waals surface area contributed by atoms with Gasteiger partial charge < -0.3 is 14.7 Å². The summed E-state index contributed by atoms with van der Waals surface area (Å²) in [4.78, 5) is 2.28. The summed E-state index contributed by atoms with van der Waals surface area (Å²) in [7, 11) is 0. The minimum absolute atomic E-state index is 0.349. The number of hydrogen-bond acceptors (Lipinski definition) is 3. The van der Waals surface area contributed by atoms with Crippen LogP contribution in [0.4, 0.5) is 5.69 Å². The Morgan fingerprint density at radius 3 is 2.33 bits per heavy atom. The zero-order valence-corrected chi connectivity index (χ0v) is 11.7. The van der Waals surface area contributed by atoms with E-state index in [1.54, 1.807) is 0 Å². The molecular weight excluding hydrogens is 226 g/mol. The highest BCUT2D eigenvalue weighted by atomic mass is 16.5. The zero-order valence-electron chi connectivity index (χ0n) is 11.7. The zero-order chi connectivity index (χ0) is 13.4. The van der Waals surface area contributed by atoms with Crippen molar-refractivity contribution in [1.29, 1.82) is 0 Å². The largest absolute Gasteiger partial charge is 0.388 e. The van der Waals surface area contributed by atoms with Crippen molar-refractivity contribution < 1.29 is 9.84 Å². The first-order valence-electron chi connectivity index (χ1n) is 6.83. The van der Waals surface area contributed by atoms with Gasteiger partial charge in [0.15, 0.2) is 0 Å². The average Bonchev–Trinajstić information content (AvgIpc) is 2.43. The predicted molar refractivity (Wildman–Crippen MR) is 76.1 cm³/mol. The molecule has 1 rings (SSSR count). The Morgan fingerprint density at radius 1 is 1.17 bits per heavy atom. The maximum absolute atomic E-state index is 9.76. The van der Waals surface area contributed by atoms with E-state index in [0.29, 0.717) is 0 Å². The van der Waals surface area contributed by atoms with Gasteiger partial charge in [-0.1, -0.05) is 19.1 Å². The monoisotopic (exact) mass is 251 g/mol. The van der Waals surface area contributed by atoms with E-state index in [0.717, 1.165) is 38.3 Å². The van der Waals surface area contributed by atoms with Crippen LogP contribution in [0.5, 0.6) is 0 Å². The van der Waals surface area contributed by atoms with Gasteiger partial charge in [-0.2, -0.15) is 0 Å². The lowest BCUT2D eigenvalue weighted by Gasteiger charge is -2.23. The van der Waals surface area contributed by atoms with Gasteiger partial charge in [0.2, 0.25) is 0 Å². The van der Waals surface area contributed by atoms with Crippen LogP contribution < -0.4 is 4.90 Å². The van der Waals surface area contributed by atoms with Gasteiger partial charge in [0.1, 0.15) is 0 Å². The molecular formula is C15H25NO2.